The minimum absolute atomic E-state index is 0.323. The van der Waals surface area contributed by atoms with E-state index in [-0.39, 0.29) is 0 Å². The highest BCUT2D eigenvalue weighted by Gasteiger charge is 2.26. The number of rotatable bonds is 4. The van der Waals surface area contributed by atoms with Gasteiger partial charge < -0.3 is 0 Å². The fraction of sp³-hybridized carbons (Fsp3) is 0.304. The summed E-state index contributed by atoms with van der Waals surface area (Å²) >= 11 is 0. The molecule has 7 nitrogen and oxygen atoms in total. The van der Waals surface area contributed by atoms with Crippen LogP contribution >= 0.6 is 0 Å². The lowest BCUT2D eigenvalue weighted by Gasteiger charge is -2.23. The predicted molar refractivity (Wildman–Crippen MR) is 117 cm³/mol. The Kier molecular flexibility index (Phi) is 4.89. The van der Waals surface area contributed by atoms with Gasteiger partial charge >= 0.3 is 0 Å². The van der Waals surface area contributed by atoms with Crippen LogP contribution < -0.4 is 0 Å². The summed E-state index contributed by atoms with van der Waals surface area (Å²) in [4.78, 5) is 2.37. The van der Waals surface area contributed by atoms with E-state index in [4.69, 9.17) is 0 Å². The molecule has 8 heteroatoms. The van der Waals surface area contributed by atoms with Gasteiger partial charge in [-0.1, -0.05) is 30.3 Å². The Labute approximate surface area is 182 Å². The molecule has 0 radical (unpaired) electrons. The molecule has 0 fully saturated rings. The number of hydrogen-bond donors (Lipinski definition) is 0. The van der Waals surface area contributed by atoms with E-state index in [1.165, 1.54) is 21.7 Å². The third-order valence-electron chi connectivity index (χ3n) is 6.03. The molecule has 3 aromatic rings. The summed E-state index contributed by atoms with van der Waals surface area (Å²) < 4.78 is 26.9. The van der Waals surface area contributed by atoms with E-state index in [2.05, 4.69) is 40.3 Å². The lowest BCUT2D eigenvalue weighted by atomic mass is 10.1. The minimum atomic E-state index is -3.23. The zero-order valence-electron chi connectivity index (χ0n) is 17.3. The van der Waals surface area contributed by atoms with E-state index in [9.17, 15) is 13.7 Å². The van der Waals surface area contributed by atoms with E-state index in [1.807, 2.05) is 24.4 Å². The minimum Gasteiger partial charge on any atom is -0.291 e. The topological polar surface area (TPSA) is 82.2 Å². The summed E-state index contributed by atoms with van der Waals surface area (Å²) in [6, 6.07) is 16.7. The van der Waals surface area contributed by atoms with Crippen molar-refractivity contribution < 1.29 is 8.42 Å². The van der Waals surface area contributed by atoms with E-state index in [0.717, 1.165) is 42.1 Å². The van der Waals surface area contributed by atoms with Gasteiger partial charge in [0.2, 0.25) is 10.0 Å². The molecular formula is C23H23N5O2S. The summed E-state index contributed by atoms with van der Waals surface area (Å²) in [6.07, 6.45) is 3.65. The van der Waals surface area contributed by atoms with Crippen LogP contribution in [0, 0.1) is 11.3 Å². The van der Waals surface area contributed by atoms with Gasteiger partial charge in [-0.2, -0.15) is 14.7 Å². The summed E-state index contributed by atoms with van der Waals surface area (Å²) in [5, 5.41) is 14.4. The molecule has 31 heavy (non-hydrogen) atoms. The summed E-state index contributed by atoms with van der Waals surface area (Å²) in [5.74, 6) is 0. The lowest BCUT2D eigenvalue weighted by molar-refractivity contribution is 0.275. The van der Waals surface area contributed by atoms with Crippen LogP contribution in [0.5, 0.6) is 0 Å². The van der Waals surface area contributed by atoms with Crippen LogP contribution in [0.15, 0.2) is 48.7 Å². The first-order chi connectivity index (χ1) is 14.9. The molecule has 2 aliphatic heterocycles. The molecule has 0 bridgehead atoms. The molecule has 0 unspecified atom stereocenters. The second-order valence-corrected chi connectivity index (χ2v) is 10.3. The lowest BCUT2D eigenvalue weighted by Crippen LogP contribution is -2.34. The Morgan fingerprint density at radius 3 is 2.48 bits per heavy atom. The standard InChI is InChI=1S/C23H23N5O2S/c1-31(29,30)27-9-8-22-21(15-27)16-28(25-22)23-7-6-17(10-20(23)11-24)12-26-13-18-4-2-3-5-19(18)14-26/h2-7,10,16H,8-9,12-15H2,1H3. The van der Waals surface area contributed by atoms with Crippen molar-refractivity contribution in [2.45, 2.75) is 32.6 Å². The number of aromatic nitrogens is 2. The molecule has 0 saturated carbocycles. The molecule has 3 heterocycles. The highest BCUT2D eigenvalue weighted by atomic mass is 32.2. The van der Waals surface area contributed by atoms with Gasteiger partial charge in [-0.3, -0.25) is 4.90 Å². The van der Waals surface area contributed by atoms with Gasteiger partial charge in [0.05, 0.1) is 23.2 Å². The van der Waals surface area contributed by atoms with Gasteiger partial charge in [-0.25, -0.2) is 13.1 Å². The maximum atomic E-state index is 11.9. The van der Waals surface area contributed by atoms with Crippen molar-refractivity contribution in [1.29, 1.82) is 5.26 Å². The third-order valence-corrected chi connectivity index (χ3v) is 7.28. The Bertz CT molecular complexity index is 1280. The second kappa shape index (κ2) is 7.61. The number of nitriles is 1. The molecule has 2 aromatic carbocycles. The molecule has 5 rings (SSSR count). The van der Waals surface area contributed by atoms with Crippen LogP contribution in [0.2, 0.25) is 0 Å². The summed E-state index contributed by atoms with van der Waals surface area (Å²) in [6.45, 7) is 3.38. The molecule has 158 valence electrons. The number of fused-ring (bicyclic) bond motifs is 2. The van der Waals surface area contributed by atoms with E-state index >= 15 is 0 Å². The Balaban J connectivity index is 1.37. The monoisotopic (exact) mass is 433 g/mol. The quantitative estimate of drug-likeness (QED) is 0.632. The molecule has 0 spiro atoms. The molecule has 0 atom stereocenters. The van der Waals surface area contributed by atoms with Crippen LogP contribution in [0.25, 0.3) is 5.69 Å². The largest absolute Gasteiger partial charge is 0.291 e. The second-order valence-electron chi connectivity index (χ2n) is 8.27. The van der Waals surface area contributed by atoms with Crippen molar-refractivity contribution >= 4 is 10.0 Å². The van der Waals surface area contributed by atoms with E-state index in [1.54, 1.807) is 4.68 Å². The van der Waals surface area contributed by atoms with Gasteiger partial charge in [0.15, 0.2) is 0 Å². The van der Waals surface area contributed by atoms with Crippen LogP contribution in [0.1, 0.15) is 33.5 Å². The third kappa shape index (κ3) is 3.88. The normalized spacial score (nSPS) is 16.6. The van der Waals surface area contributed by atoms with E-state index < -0.39 is 10.0 Å². The summed E-state index contributed by atoms with van der Waals surface area (Å²) in [5.41, 5.74) is 6.88. The number of sulfonamides is 1. The van der Waals surface area contributed by atoms with Crippen molar-refractivity contribution in [3.05, 3.63) is 82.2 Å². The highest BCUT2D eigenvalue weighted by Crippen LogP contribution is 2.26. The van der Waals surface area contributed by atoms with E-state index in [0.29, 0.717) is 25.1 Å². The van der Waals surface area contributed by atoms with Crippen molar-refractivity contribution in [3.8, 4) is 11.8 Å². The first kappa shape index (κ1) is 19.9. The molecular weight excluding hydrogens is 410 g/mol. The average Bonchev–Trinajstić information content (AvgIpc) is 3.35. The molecule has 0 saturated heterocycles. The Morgan fingerprint density at radius 2 is 1.81 bits per heavy atom. The van der Waals surface area contributed by atoms with Crippen LogP contribution in [-0.2, 0) is 42.6 Å². The number of benzene rings is 2. The fourth-order valence-electron chi connectivity index (χ4n) is 4.44. The highest BCUT2D eigenvalue weighted by molar-refractivity contribution is 7.88. The maximum absolute atomic E-state index is 11.9. The smallest absolute Gasteiger partial charge is 0.211 e. The van der Waals surface area contributed by atoms with Crippen molar-refractivity contribution in [2.24, 2.45) is 0 Å². The van der Waals surface area contributed by atoms with Gasteiger partial charge in [-0.05, 0) is 28.8 Å². The zero-order chi connectivity index (χ0) is 21.6. The summed E-state index contributed by atoms with van der Waals surface area (Å²) in [7, 11) is -3.23. The number of nitrogens with zero attached hydrogens (tertiary/aromatic N) is 5. The average molecular weight is 434 g/mol. The fourth-order valence-corrected chi connectivity index (χ4v) is 5.24. The van der Waals surface area contributed by atoms with Crippen LogP contribution in [0.3, 0.4) is 0 Å². The van der Waals surface area contributed by atoms with Crippen molar-refractivity contribution in [1.82, 2.24) is 19.0 Å². The van der Waals surface area contributed by atoms with Crippen molar-refractivity contribution in [3.63, 3.8) is 0 Å². The first-order valence-electron chi connectivity index (χ1n) is 10.3. The Hall–Kier alpha value is -2.99. The molecule has 1 aromatic heterocycles. The predicted octanol–water partition coefficient (Wildman–Crippen LogP) is 2.58. The van der Waals surface area contributed by atoms with Gasteiger partial charge in [0.25, 0.3) is 0 Å². The van der Waals surface area contributed by atoms with Crippen molar-refractivity contribution in [2.75, 3.05) is 12.8 Å². The van der Waals surface area contributed by atoms with Gasteiger partial charge in [-0.15, -0.1) is 0 Å². The molecule has 0 amide bonds. The number of hydrogen-bond acceptors (Lipinski definition) is 5. The Morgan fingerprint density at radius 1 is 1.06 bits per heavy atom. The van der Waals surface area contributed by atoms with Crippen LogP contribution in [-0.4, -0.2) is 40.2 Å². The molecule has 2 aliphatic rings. The van der Waals surface area contributed by atoms with Gasteiger partial charge in [0, 0.05) is 50.9 Å². The van der Waals surface area contributed by atoms with Crippen LogP contribution in [0.4, 0.5) is 0 Å². The molecule has 0 aliphatic carbocycles. The maximum Gasteiger partial charge on any atom is 0.211 e. The first-order valence-corrected chi connectivity index (χ1v) is 12.1. The van der Waals surface area contributed by atoms with Gasteiger partial charge in [0.1, 0.15) is 6.07 Å². The SMILES string of the molecule is CS(=O)(=O)N1CCc2nn(-c3ccc(CN4Cc5ccccc5C4)cc3C#N)cc2C1. The molecule has 0 N–H and O–H groups in total. The zero-order valence-corrected chi connectivity index (χ0v) is 18.1.